The summed E-state index contributed by atoms with van der Waals surface area (Å²) in [6.45, 7) is 0. The summed E-state index contributed by atoms with van der Waals surface area (Å²) < 4.78 is 14.4. The van der Waals surface area contributed by atoms with E-state index in [1.165, 1.54) is 16.8 Å². The zero-order valence-electron chi connectivity index (χ0n) is 9.09. The number of aromatic nitrogens is 4. The van der Waals surface area contributed by atoms with Gasteiger partial charge in [-0.3, -0.25) is 4.79 Å². The number of nitrogens with zero attached hydrogens (tertiary/aromatic N) is 4. The lowest BCUT2D eigenvalue weighted by atomic mass is 10.1. The Morgan fingerprint density at radius 2 is 2.29 bits per heavy atom. The first kappa shape index (κ1) is 11.2. The molecule has 0 aliphatic rings. The SMILES string of the molecule is Cn1nnnc1CC(=O)c1cc(F)ccc1N. The predicted molar refractivity (Wildman–Crippen MR) is 57.6 cm³/mol. The van der Waals surface area contributed by atoms with Gasteiger partial charge in [-0.1, -0.05) is 0 Å². The molecule has 0 spiro atoms. The molecule has 88 valence electrons. The van der Waals surface area contributed by atoms with E-state index in [1.54, 1.807) is 7.05 Å². The lowest BCUT2D eigenvalue weighted by Gasteiger charge is -2.04. The summed E-state index contributed by atoms with van der Waals surface area (Å²) in [5.41, 5.74) is 6.00. The summed E-state index contributed by atoms with van der Waals surface area (Å²) in [4.78, 5) is 11.9. The van der Waals surface area contributed by atoms with Crippen LogP contribution in [-0.4, -0.2) is 26.0 Å². The molecule has 0 amide bonds. The molecule has 1 aromatic heterocycles. The van der Waals surface area contributed by atoms with Crippen LogP contribution >= 0.6 is 0 Å². The predicted octanol–water partition coefficient (Wildman–Crippen LogP) is 0.357. The molecule has 6 nitrogen and oxygen atoms in total. The number of carbonyl (C=O) groups excluding carboxylic acids is 1. The number of rotatable bonds is 3. The third-order valence-corrected chi connectivity index (χ3v) is 2.34. The number of halogens is 1. The number of tetrazole rings is 1. The molecule has 0 aliphatic carbocycles. The Morgan fingerprint density at radius 3 is 2.94 bits per heavy atom. The summed E-state index contributed by atoms with van der Waals surface area (Å²) in [5.74, 6) is -0.419. The molecular formula is C10H10FN5O. The molecular weight excluding hydrogens is 225 g/mol. The van der Waals surface area contributed by atoms with Crippen LogP contribution in [0.3, 0.4) is 0 Å². The largest absolute Gasteiger partial charge is 0.398 e. The highest BCUT2D eigenvalue weighted by molar-refractivity contribution is 6.01. The average molecular weight is 235 g/mol. The summed E-state index contributed by atoms with van der Waals surface area (Å²) in [6.07, 6.45) is -0.0167. The summed E-state index contributed by atoms with van der Waals surface area (Å²) >= 11 is 0. The van der Waals surface area contributed by atoms with E-state index in [0.717, 1.165) is 6.07 Å². The van der Waals surface area contributed by atoms with Crippen molar-refractivity contribution in [2.75, 3.05) is 5.73 Å². The van der Waals surface area contributed by atoms with Gasteiger partial charge < -0.3 is 5.73 Å². The fourth-order valence-electron chi connectivity index (χ4n) is 1.41. The molecule has 0 saturated heterocycles. The van der Waals surface area contributed by atoms with Crippen molar-refractivity contribution >= 4 is 11.5 Å². The molecule has 17 heavy (non-hydrogen) atoms. The highest BCUT2D eigenvalue weighted by Crippen LogP contribution is 2.15. The van der Waals surface area contributed by atoms with Gasteiger partial charge in [0.25, 0.3) is 0 Å². The number of nitrogen functional groups attached to an aromatic ring is 1. The average Bonchev–Trinajstić information content (AvgIpc) is 2.68. The van der Waals surface area contributed by atoms with Crippen molar-refractivity contribution in [3.8, 4) is 0 Å². The van der Waals surface area contributed by atoms with Gasteiger partial charge in [0.15, 0.2) is 11.6 Å². The minimum absolute atomic E-state index is 0.0167. The number of hydrogen-bond acceptors (Lipinski definition) is 5. The number of aryl methyl sites for hydroxylation is 1. The highest BCUT2D eigenvalue weighted by Gasteiger charge is 2.14. The Labute approximate surface area is 96.2 Å². The van der Waals surface area contributed by atoms with Crippen LogP contribution in [0.15, 0.2) is 18.2 Å². The van der Waals surface area contributed by atoms with E-state index in [1.807, 2.05) is 0 Å². The quantitative estimate of drug-likeness (QED) is 0.613. The second-order valence-electron chi connectivity index (χ2n) is 3.55. The number of benzene rings is 1. The molecule has 1 heterocycles. The van der Waals surface area contributed by atoms with Crippen LogP contribution in [0.1, 0.15) is 16.2 Å². The standard InChI is InChI=1S/C10H10FN5O/c1-16-10(13-14-15-16)5-9(17)7-4-6(11)2-3-8(7)12/h2-4H,5,12H2,1H3. The van der Waals surface area contributed by atoms with E-state index in [9.17, 15) is 9.18 Å². The second kappa shape index (κ2) is 4.28. The van der Waals surface area contributed by atoms with Crippen LogP contribution in [0.25, 0.3) is 0 Å². The number of anilines is 1. The zero-order chi connectivity index (χ0) is 12.4. The maximum Gasteiger partial charge on any atom is 0.172 e. The molecule has 2 rings (SSSR count). The van der Waals surface area contributed by atoms with E-state index in [0.29, 0.717) is 5.82 Å². The minimum Gasteiger partial charge on any atom is -0.398 e. The lowest BCUT2D eigenvalue weighted by Crippen LogP contribution is -2.11. The second-order valence-corrected chi connectivity index (χ2v) is 3.55. The Balaban J connectivity index is 2.26. The highest BCUT2D eigenvalue weighted by atomic mass is 19.1. The van der Waals surface area contributed by atoms with Crippen LogP contribution in [0, 0.1) is 5.82 Å². The van der Waals surface area contributed by atoms with Crippen LogP contribution in [0.5, 0.6) is 0 Å². The minimum atomic E-state index is -0.501. The molecule has 0 saturated carbocycles. The Morgan fingerprint density at radius 1 is 1.53 bits per heavy atom. The first-order valence-corrected chi connectivity index (χ1v) is 4.87. The zero-order valence-corrected chi connectivity index (χ0v) is 9.09. The van der Waals surface area contributed by atoms with Crippen molar-refractivity contribution in [3.05, 3.63) is 35.4 Å². The smallest absolute Gasteiger partial charge is 0.172 e. The molecule has 0 aliphatic heterocycles. The van der Waals surface area contributed by atoms with Crippen molar-refractivity contribution in [1.29, 1.82) is 0 Å². The van der Waals surface area contributed by atoms with E-state index < -0.39 is 5.82 Å². The molecule has 7 heteroatoms. The van der Waals surface area contributed by atoms with Gasteiger partial charge in [-0.2, -0.15) is 0 Å². The van der Waals surface area contributed by atoms with Gasteiger partial charge in [0.2, 0.25) is 0 Å². The molecule has 0 bridgehead atoms. The van der Waals surface area contributed by atoms with E-state index in [2.05, 4.69) is 15.5 Å². The van der Waals surface area contributed by atoms with Gasteiger partial charge in [-0.15, -0.1) is 5.10 Å². The molecule has 0 atom stereocenters. The van der Waals surface area contributed by atoms with Gasteiger partial charge in [0.05, 0.1) is 6.42 Å². The fraction of sp³-hybridized carbons (Fsp3) is 0.200. The van der Waals surface area contributed by atoms with E-state index in [4.69, 9.17) is 5.73 Å². The van der Waals surface area contributed by atoms with Gasteiger partial charge in [-0.25, -0.2) is 9.07 Å². The van der Waals surface area contributed by atoms with Gasteiger partial charge >= 0.3 is 0 Å². The normalized spacial score (nSPS) is 10.5. The maximum atomic E-state index is 13.0. The summed E-state index contributed by atoms with van der Waals surface area (Å²) in [7, 11) is 1.62. The monoisotopic (exact) mass is 235 g/mol. The first-order valence-electron chi connectivity index (χ1n) is 4.87. The van der Waals surface area contributed by atoms with Gasteiger partial charge in [0.1, 0.15) is 5.82 Å². The molecule has 0 radical (unpaired) electrons. The summed E-state index contributed by atoms with van der Waals surface area (Å²) in [5, 5.41) is 10.7. The fourth-order valence-corrected chi connectivity index (χ4v) is 1.41. The van der Waals surface area contributed by atoms with Gasteiger partial charge in [0, 0.05) is 18.3 Å². The molecule has 2 N–H and O–H groups in total. The molecule has 1 aromatic carbocycles. The maximum absolute atomic E-state index is 13.0. The topological polar surface area (TPSA) is 86.7 Å². The van der Waals surface area contributed by atoms with Crippen molar-refractivity contribution < 1.29 is 9.18 Å². The number of ketones is 1. The van der Waals surface area contributed by atoms with Crippen LogP contribution in [0.2, 0.25) is 0 Å². The van der Waals surface area contributed by atoms with Crippen molar-refractivity contribution in [2.24, 2.45) is 7.05 Å². The van der Waals surface area contributed by atoms with Crippen molar-refractivity contribution in [1.82, 2.24) is 20.2 Å². The van der Waals surface area contributed by atoms with Gasteiger partial charge in [-0.05, 0) is 28.6 Å². The Kier molecular flexibility index (Phi) is 2.82. The summed E-state index contributed by atoms with van der Waals surface area (Å²) in [6, 6.07) is 3.68. The third kappa shape index (κ3) is 2.27. The van der Waals surface area contributed by atoms with E-state index >= 15 is 0 Å². The van der Waals surface area contributed by atoms with Crippen molar-refractivity contribution in [2.45, 2.75) is 6.42 Å². The third-order valence-electron chi connectivity index (χ3n) is 2.34. The Bertz CT molecular complexity index is 566. The molecule has 0 fully saturated rings. The van der Waals surface area contributed by atoms with Crippen LogP contribution in [-0.2, 0) is 13.5 Å². The first-order chi connectivity index (χ1) is 8.08. The number of carbonyl (C=O) groups is 1. The van der Waals surface area contributed by atoms with Crippen LogP contribution in [0.4, 0.5) is 10.1 Å². The molecule has 0 unspecified atom stereocenters. The molecule has 2 aromatic rings. The number of Topliss-reactive ketones (excluding diaryl/α,β-unsaturated/α-hetero) is 1. The number of hydrogen-bond donors (Lipinski definition) is 1. The Hall–Kier alpha value is -2.31. The number of nitrogens with two attached hydrogens (primary N) is 1. The lowest BCUT2D eigenvalue weighted by molar-refractivity contribution is 0.0990. The van der Waals surface area contributed by atoms with Crippen molar-refractivity contribution in [3.63, 3.8) is 0 Å². The van der Waals surface area contributed by atoms with Crippen LogP contribution < -0.4 is 5.73 Å². The van der Waals surface area contributed by atoms with E-state index in [-0.39, 0.29) is 23.5 Å².